The van der Waals surface area contributed by atoms with E-state index in [1.54, 1.807) is 0 Å². The second-order valence-corrected chi connectivity index (χ2v) is 4.77. The third-order valence-corrected chi connectivity index (χ3v) is 2.64. The van der Waals surface area contributed by atoms with Gasteiger partial charge < -0.3 is 0 Å². The average molecular weight is 333 g/mol. The minimum Gasteiger partial charge on any atom is -0.195 e. The minimum atomic E-state index is 0.274. The second kappa shape index (κ2) is 3.96. The Kier molecular flexibility index (Phi) is 2.85. The number of benzene rings is 1. The highest BCUT2D eigenvalue weighted by molar-refractivity contribution is 9.11. The number of amidine groups is 1. The van der Waals surface area contributed by atoms with Crippen molar-refractivity contribution >= 4 is 55.0 Å². The molecule has 1 aliphatic heterocycles. The summed E-state index contributed by atoms with van der Waals surface area (Å²) in [6.07, 6.45) is 0. The molecule has 6 heteroatoms. The van der Waals surface area contributed by atoms with Crippen molar-refractivity contribution in [1.82, 2.24) is 0 Å². The lowest BCUT2D eigenvalue weighted by atomic mass is 10.2. The Morgan fingerprint density at radius 3 is 2.14 bits per heavy atom. The Hall–Kier alpha value is -0.460. The maximum atomic E-state index is 4.79. The smallest absolute Gasteiger partial charge is 0.195 e. The minimum absolute atomic E-state index is 0.274. The van der Waals surface area contributed by atoms with E-state index in [1.807, 2.05) is 18.2 Å². The molecular weight excluding hydrogens is 330 g/mol. The Bertz CT molecular complexity index is 447. The first-order valence-corrected chi connectivity index (χ1v) is 5.65. The van der Waals surface area contributed by atoms with Crippen LogP contribution in [-0.4, -0.2) is 10.9 Å². The molecule has 0 aromatic heterocycles. The van der Waals surface area contributed by atoms with Gasteiger partial charge in [0.2, 0.25) is 5.11 Å². The molecule has 70 valence electrons. The Morgan fingerprint density at radius 2 is 1.64 bits per heavy atom. The van der Waals surface area contributed by atoms with Crippen molar-refractivity contribution < 1.29 is 0 Å². The van der Waals surface area contributed by atoms with E-state index in [9.17, 15) is 0 Å². The molecule has 0 radical (unpaired) electrons. The van der Waals surface area contributed by atoms with Gasteiger partial charge in [0.05, 0.1) is 0 Å². The van der Waals surface area contributed by atoms with Crippen LogP contribution in [-0.2, 0) is 0 Å². The van der Waals surface area contributed by atoms with Gasteiger partial charge in [0.1, 0.15) is 0 Å². The summed E-state index contributed by atoms with van der Waals surface area (Å²) in [5.74, 6) is 0.553. The number of azo groups is 1. The molecule has 1 aromatic carbocycles. The molecular formula is C8H3Br2N3S. The van der Waals surface area contributed by atoms with Crippen molar-refractivity contribution in [2.45, 2.75) is 0 Å². The monoisotopic (exact) mass is 331 g/mol. The fourth-order valence-electron chi connectivity index (χ4n) is 1.03. The van der Waals surface area contributed by atoms with E-state index >= 15 is 0 Å². The van der Waals surface area contributed by atoms with Gasteiger partial charge in [-0.3, -0.25) is 0 Å². The van der Waals surface area contributed by atoms with Crippen LogP contribution in [0.5, 0.6) is 0 Å². The van der Waals surface area contributed by atoms with E-state index in [2.05, 4.69) is 47.1 Å². The summed E-state index contributed by atoms with van der Waals surface area (Å²) in [5.41, 5.74) is 0.884. The molecule has 0 atom stereocenters. The molecule has 0 unspecified atom stereocenters. The number of hydrogen-bond donors (Lipinski definition) is 0. The predicted octanol–water partition coefficient (Wildman–Crippen LogP) is 3.71. The van der Waals surface area contributed by atoms with Gasteiger partial charge in [0.25, 0.3) is 0 Å². The van der Waals surface area contributed by atoms with Gasteiger partial charge in [0.15, 0.2) is 5.84 Å². The fourth-order valence-corrected chi connectivity index (χ4v) is 2.45. The van der Waals surface area contributed by atoms with E-state index in [1.165, 1.54) is 0 Å². The van der Waals surface area contributed by atoms with Gasteiger partial charge in [-0.15, -0.1) is 10.2 Å². The molecule has 3 nitrogen and oxygen atoms in total. The van der Waals surface area contributed by atoms with Crippen LogP contribution >= 0.6 is 44.1 Å². The van der Waals surface area contributed by atoms with Crippen LogP contribution in [0, 0.1) is 0 Å². The van der Waals surface area contributed by atoms with Crippen LogP contribution < -0.4 is 0 Å². The van der Waals surface area contributed by atoms with Crippen LogP contribution in [0.15, 0.2) is 42.4 Å². The number of halogens is 2. The van der Waals surface area contributed by atoms with Crippen molar-refractivity contribution in [3.8, 4) is 0 Å². The SMILES string of the molecule is S=C1N=NC(c2cc(Br)cc(Br)c2)=N1. The molecule has 0 saturated carbocycles. The zero-order valence-electron chi connectivity index (χ0n) is 6.74. The lowest BCUT2D eigenvalue weighted by Gasteiger charge is -1.98. The normalized spacial score (nSPS) is 14.7. The Morgan fingerprint density at radius 1 is 1.00 bits per heavy atom. The molecule has 0 N–H and O–H groups in total. The van der Waals surface area contributed by atoms with Gasteiger partial charge in [-0.1, -0.05) is 31.9 Å². The first-order valence-electron chi connectivity index (χ1n) is 3.66. The third-order valence-electron chi connectivity index (χ3n) is 1.55. The first-order chi connectivity index (χ1) is 6.65. The van der Waals surface area contributed by atoms with Gasteiger partial charge in [0, 0.05) is 14.5 Å². The zero-order chi connectivity index (χ0) is 10.1. The van der Waals surface area contributed by atoms with Crippen LogP contribution in [0.3, 0.4) is 0 Å². The van der Waals surface area contributed by atoms with Gasteiger partial charge >= 0.3 is 0 Å². The highest BCUT2D eigenvalue weighted by atomic mass is 79.9. The summed E-state index contributed by atoms with van der Waals surface area (Å²) < 4.78 is 1.91. The van der Waals surface area contributed by atoms with Crippen LogP contribution in [0.1, 0.15) is 5.56 Å². The molecule has 1 aliphatic rings. The van der Waals surface area contributed by atoms with E-state index < -0.39 is 0 Å². The van der Waals surface area contributed by atoms with Crippen molar-refractivity contribution in [3.63, 3.8) is 0 Å². The largest absolute Gasteiger partial charge is 0.242 e. The molecule has 2 rings (SSSR count). The van der Waals surface area contributed by atoms with Crippen molar-refractivity contribution in [2.24, 2.45) is 15.2 Å². The van der Waals surface area contributed by atoms with E-state index in [0.29, 0.717) is 5.84 Å². The summed E-state index contributed by atoms with van der Waals surface area (Å²) in [4.78, 5) is 4.01. The lowest BCUT2D eigenvalue weighted by Crippen LogP contribution is -1.94. The highest BCUT2D eigenvalue weighted by Crippen LogP contribution is 2.22. The third kappa shape index (κ3) is 2.13. The molecule has 0 fully saturated rings. The van der Waals surface area contributed by atoms with E-state index in [0.717, 1.165) is 14.5 Å². The number of aliphatic imine (C=N–C) groups is 1. The molecule has 1 aromatic rings. The number of nitrogens with zero attached hydrogens (tertiary/aromatic N) is 3. The first kappa shape index (κ1) is 10.1. The van der Waals surface area contributed by atoms with Gasteiger partial charge in [-0.2, -0.15) is 4.99 Å². The quantitative estimate of drug-likeness (QED) is 0.722. The zero-order valence-corrected chi connectivity index (χ0v) is 10.7. The topological polar surface area (TPSA) is 37.1 Å². The maximum absolute atomic E-state index is 4.79. The van der Waals surface area contributed by atoms with Crippen molar-refractivity contribution in [1.29, 1.82) is 0 Å². The highest BCUT2D eigenvalue weighted by Gasteiger charge is 2.10. The number of rotatable bonds is 1. The van der Waals surface area contributed by atoms with Crippen molar-refractivity contribution in [3.05, 3.63) is 32.7 Å². The summed E-state index contributed by atoms with van der Waals surface area (Å²) in [7, 11) is 0. The van der Waals surface area contributed by atoms with Crippen LogP contribution in [0.2, 0.25) is 0 Å². The van der Waals surface area contributed by atoms with E-state index in [4.69, 9.17) is 12.2 Å². The molecule has 0 saturated heterocycles. The van der Waals surface area contributed by atoms with Crippen LogP contribution in [0.4, 0.5) is 0 Å². The summed E-state index contributed by atoms with van der Waals surface area (Å²) in [6, 6.07) is 5.77. The predicted molar refractivity (Wildman–Crippen MR) is 65.8 cm³/mol. The fraction of sp³-hybridized carbons (Fsp3) is 0. The second-order valence-electron chi connectivity index (χ2n) is 2.58. The molecule has 0 bridgehead atoms. The number of thiocarbonyl (C=S) groups is 1. The van der Waals surface area contributed by atoms with Gasteiger partial charge in [-0.25, -0.2) is 0 Å². The average Bonchev–Trinajstić information content (AvgIpc) is 2.50. The summed E-state index contributed by atoms with van der Waals surface area (Å²) >= 11 is 11.6. The van der Waals surface area contributed by atoms with Crippen LogP contribution in [0.25, 0.3) is 0 Å². The molecule has 0 spiro atoms. The Balaban J connectivity index is 2.47. The Labute approximate surface area is 103 Å². The molecule has 0 aliphatic carbocycles. The number of hydrogen-bond acceptors (Lipinski definition) is 2. The molecule has 14 heavy (non-hydrogen) atoms. The standard InChI is InChI=1S/C8H3Br2N3S/c9-5-1-4(2-6(10)3-5)7-11-8(14)13-12-7/h1-3H. The lowest BCUT2D eigenvalue weighted by molar-refractivity contribution is 1.39. The summed E-state index contributed by atoms with van der Waals surface area (Å²) in [6.45, 7) is 0. The maximum Gasteiger partial charge on any atom is 0.242 e. The van der Waals surface area contributed by atoms with E-state index in [-0.39, 0.29) is 5.11 Å². The molecule has 0 amide bonds. The van der Waals surface area contributed by atoms with Crippen molar-refractivity contribution in [2.75, 3.05) is 0 Å². The van der Waals surface area contributed by atoms with Gasteiger partial charge in [-0.05, 0) is 30.4 Å². The summed E-state index contributed by atoms with van der Waals surface area (Å²) in [5, 5.41) is 7.81. The molecule has 1 heterocycles.